The van der Waals surface area contributed by atoms with Crippen LogP contribution < -0.4 is 10.6 Å². The van der Waals surface area contributed by atoms with E-state index < -0.39 is 0 Å². The summed E-state index contributed by atoms with van der Waals surface area (Å²) in [5, 5.41) is 11.5. The van der Waals surface area contributed by atoms with Crippen LogP contribution in [0.5, 0.6) is 0 Å². The molecule has 0 saturated heterocycles. The number of H-pyrrole nitrogens is 1. The maximum Gasteiger partial charge on any atom is 0.191 e. The largest absolute Gasteiger partial charge is 0.361 e. The van der Waals surface area contributed by atoms with Gasteiger partial charge in [0.2, 0.25) is 0 Å². The zero-order chi connectivity index (χ0) is 17.6. The summed E-state index contributed by atoms with van der Waals surface area (Å²) in [4.78, 5) is 11.8. The highest BCUT2D eigenvalue weighted by atomic mass is 127. The lowest BCUT2D eigenvalue weighted by molar-refractivity contribution is 0.629. The van der Waals surface area contributed by atoms with E-state index in [-0.39, 0.29) is 29.8 Å². The molecule has 0 amide bonds. The van der Waals surface area contributed by atoms with Crippen molar-refractivity contribution in [2.75, 3.05) is 13.1 Å². The molecule has 9 heteroatoms. The number of aryl methyl sites for hydroxylation is 1. The molecule has 0 atom stereocenters. The van der Waals surface area contributed by atoms with Crippen LogP contribution in [0.2, 0.25) is 0 Å². The minimum absolute atomic E-state index is 0. The summed E-state index contributed by atoms with van der Waals surface area (Å²) in [6.45, 7) is 3.92. The molecule has 0 aliphatic heterocycles. The molecule has 0 saturated carbocycles. The minimum atomic E-state index is -0.222. The first-order valence-corrected chi connectivity index (χ1v) is 8.28. The summed E-state index contributed by atoms with van der Waals surface area (Å²) in [5.74, 6) is 1.29. The molecule has 0 spiro atoms. The molecule has 0 unspecified atom stereocenters. The minimum Gasteiger partial charge on any atom is -0.361 e. The van der Waals surface area contributed by atoms with Crippen LogP contribution in [0.1, 0.15) is 18.3 Å². The number of nitrogens with zero attached hydrogens (tertiary/aromatic N) is 4. The van der Waals surface area contributed by atoms with Crippen molar-refractivity contribution in [1.82, 2.24) is 30.4 Å². The molecule has 140 valence electrons. The van der Waals surface area contributed by atoms with Crippen LogP contribution in [-0.2, 0) is 20.0 Å². The van der Waals surface area contributed by atoms with Gasteiger partial charge in [0.1, 0.15) is 24.5 Å². The van der Waals surface area contributed by atoms with Gasteiger partial charge in [0.05, 0.1) is 0 Å². The maximum absolute atomic E-state index is 13.4. The first kappa shape index (κ1) is 20.1. The number of rotatable bonds is 6. The van der Waals surface area contributed by atoms with Crippen LogP contribution in [-0.4, -0.2) is 38.8 Å². The van der Waals surface area contributed by atoms with Crippen LogP contribution in [0.4, 0.5) is 4.39 Å². The number of aromatic nitrogens is 4. The summed E-state index contributed by atoms with van der Waals surface area (Å²) in [6.07, 6.45) is 4.20. The van der Waals surface area contributed by atoms with Gasteiger partial charge in [0, 0.05) is 37.2 Å². The highest BCUT2D eigenvalue weighted by Crippen LogP contribution is 2.19. The maximum atomic E-state index is 13.4. The number of hydrogen-bond donors (Lipinski definition) is 3. The van der Waals surface area contributed by atoms with E-state index in [0.29, 0.717) is 13.1 Å². The number of hydrogen-bond acceptors (Lipinski definition) is 3. The molecule has 3 aromatic rings. The van der Waals surface area contributed by atoms with Crippen LogP contribution >= 0.6 is 24.0 Å². The first-order chi connectivity index (χ1) is 12.2. The lowest BCUT2D eigenvalue weighted by atomic mass is 10.1. The van der Waals surface area contributed by atoms with Crippen molar-refractivity contribution in [2.45, 2.75) is 19.9 Å². The molecule has 0 aliphatic rings. The Morgan fingerprint density at radius 2 is 2.19 bits per heavy atom. The Kier molecular flexibility index (Phi) is 7.37. The lowest BCUT2D eigenvalue weighted by Crippen LogP contribution is -2.38. The molecule has 26 heavy (non-hydrogen) atoms. The van der Waals surface area contributed by atoms with Crippen molar-refractivity contribution in [3.8, 4) is 0 Å². The summed E-state index contributed by atoms with van der Waals surface area (Å²) in [5.41, 5.74) is 2.02. The highest BCUT2D eigenvalue weighted by molar-refractivity contribution is 14.0. The quantitative estimate of drug-likeness (QED) is 0.293. The number of guanidine groups is 1. The Morgan fingerprint density at radius 1 is 1.35 bits per heavy atom. The van der Waals surface area contributed by atoms with Crippen LogP contribution in [0, 0.1) is 5.82 Å². The molecule has 7 nitrogen and oxygen atoms in total. The van der Waals surface area contributed by atoms with Gasteiger partial charge < -0.3 is 15.6 Å². The fraction of sp³-hybridized carbons (Fsp3) is 0.353. The van der Waals surface area contributed by atoms with Crippen molar-refractivity contribution < 1.29 is 4.39 Å². The van der Waals surface area contributed by atoms with Gasteiger partial charge in [-0.15, -0.1) is 24.0 Å². The van der Waals surface area contributed by atoms with E-state index in [4.69, 9.17) is 0 Å². The smallest absolute Gasteiger partial charge is 0.191 e. The third-order valence-electron chi connectivity index (χ3n) is 3.94. The predicted molar refractivity (Wildman–Crippen MR) is 111 cm³/mol. The molecule has 2 aromatic heterocycles. The van der Waals surface area contributed by atoms with E-state index in [0.717, 1.165) is 41.2 Å². The van der Waals surface area contributed by atoms with Gasteiger partial charge in [-0.25, -0.2) is 14.4 Å². The summed E-state index contributed by atoms with van der Waals surface area (Å²) in [6, 6.07) is 4.78. The third-order valence-corrected chi connectivity index (χ3v) is 3.94. The number of aliphatic imine (C=N–C) groups is 1. The Morgan fingerprint density at radius 3 is 2.92 bits per heavy atom. The summed E-state index contributed by atoms with van der Waals surface area (Å²) < 4.78 is 15.1. The van der Waals surface area contributed by atoms with Gasteiger partial charge >= 0.3 is 0 Å². The van der Waals surface area contributed by atoms with Crippen molar-refractivity contribution >= 4 is 40.8 Å². The normalized spacial score (nSPS) is 11.4. The highest BCUT2D eigenvalue weighted by Gasteiger charge is 2.06. The van der Waals surface area contributed by atoms with Crippen molar-refractivity contribution in [3.63, 3.8) is 0 Å². The number of aromatic amines is 1. The van der Waals surface area contributed by atoms with Crippen LogP contribution in [0.15, 0.2) is 35.7 Å². The monoisotopic (exact) mass is 471 g/mol. The van der Waals surface area contributed by atoms with Crippen molar-refractivity contribution in [1.29, 1.82) is 0 Å². The molecule has 3 N–H and O–H groups in total. The SMILES string of the molecule is CCNC(=NCc1ncnn1C)NCCc1c[nH]c2ccc(F)cc12.I. The lowest BCUT2D eigenvalue weighted by Gasteiger charge is -2.11. The van der Waals surface area contributed by atoms with E-state index in [9.17, 15) is 4.39 Å². The summed E-state index contributed by atoms with van der Waals surface area (Å²) >= 11 is 0. The van der Waals surface area contributed by atoms with E-state index in [1.54, 1.807) is 16.8 Å². The van der Waals surface area contributed by atoms with Gasteiger partial charge in [-0.2, -0.15) is 5.10 Å². The van der Waals surface area contributed by atoms with E-state index >= 15 is 0 Å². The third kappa shape index (κ3) is 4.93. The number of halogens is 2. The van der Waals surface area contributed by atoms with Gasteiger partial charge in [0.15, 0.2) is 5.96 Å². The van der Waals surface area contributed by atoms with Crippen molar-refractivity contribution in [3.05, 3.63) is 47.9 Å². The molecule has 0 radical (unpaired) electrons. The molecule has 3 rings (SSSR count). The topological polar surface area (TPSA) is 82.9 Å². The average molecular weight is 471 g/mol. The Hall–Kier alpha value is -2.17. The Labute approximate surface area is 168 Å². The predicted octanol–water partition coefficient (Wildman–Crippen LogP) is 2.35. The Balaban J connectivity index is 0.00000243. The number of fused-ring (bicyclic) bond motifs is 1. The fourth-order valence-corrected chi connectivity index (χ4v) is 2.63. The molecule has 0 aliphatic carbocycles. The zero-order valence-electron chi connectivity index (χ0n) is 14.8. The number of nitrogens with one attached hydrogen (secondary N) is 3. The van der Waals surface area contributed by atoms with Gasteiger partial charge in [-0.05, 0) is 37.1 Å². The molecular weight excluding hydrogens is 448 g/mol. The van der Waals surface area contributed by atoms with Gasteiger partial charge in [-0.3, -0.25) is 4.68 Å². The molecule has 0 bridgehead atoms. The van der Waals surface area contributed by atoms with E-state index in [1.807, 2.05) is 20.2 Å². The van der Waals surface area contributed by atoms with Crippen LogP contribution in [0.25, 0.3) is 10.9 Å². The van der Waals surface area contributed by atoms with Crippen LogP contribution in [0.3, 0.4) is 0 Å². The second-order valence-corrected chi connectivity index (χ2v) is 5.68. The molecule has 1 aromatic carbocycles. The Bertz CT molecular complexity index is 871. The zero-order valence-corrected chi connectivity index (χ0v) is 17.1. The van der Waals surface area contributed by atoms with E-state index in [2.05, 4.69) is 30.7 Å². The summed E-state index contributed by atoms with van der Waals surface area (Å²) in [7, 11) is 1.84. The van der Waals surface area contributed by atoms with Gasteiger partial charge in [-0.1, -0.05) is 0 Å². The average Bonchev–Trinajstić information content (AvgIpc) is 3.19. The van der Waals surface area contributed by atoms with Gasteiger partial charge in [0.25, 0.3) is 0 Å². The molecule has 2 heterocycles. The van der Waals surface area contributed by atoms with Crippen molar-refractivity contribution in [2.24, 2.45) is 12.0 Å². The number of benzene rings is 1. The first-order valence-electron chi connectivity index (χ1n) is 8.28. The molecule has 0 fully saturated rings. The molecular formula is C17H23FIN7. The fourth-order valence-electron chi connectivity index (χ4n) is 2.63. The second-order valence-electron chi connectivity index (χ2n) is 5.68. The standard InChI is InChI=1S/C17H22FN7.HI/c1-3-19-17(22-10-16-23-11-24-25(16)2)20-7-6-12-9-21-15-5-4-13(18)8-14(12)15;/h4-5,8-9,11,21H,3,6-7,10H2,1-2H3,(H2,19,20,22);1H. The van der Waals surface area contributed by atoms with E-state index in [1.165, 1.54) is 12.4 Å². The second kappa shape index (κ2) is 9.51.